The van der Waals surface area contributed by atoms with Crippen LogP contribution in [0.5, 0.6) is 5.75 Å². The van der Waals surface area contributed by atoms with Gasteiger partial charge in [0.15, 0.2) is 5.96 Å². The predicted octanol–water partition coefficient (Wildman–Crippen LogP) is 4.00. The minimum Gasteiger partial charge on any atom is -0.434 e. The van der Waals surface area contributed by atoms with Gasteiger partial charge in [-0.2, -0.15) is 8.78 Å². The highest BCUT2D eigenvalue weighted by atomic mass is 127. The number of likely N-dealkylation sites (tertiary alicyclic amines) is 1. The first-order chi connectivity index (χ1) is 13.0. The van der Waals surface area contributed by atoms with Crippen LogP contribution in [0.2, 0.25) is 0 Å². The van der Waals surface area contributed by atoms with Crippen LogP contribution in [-0.4, -0.2) is 50.2 Å². The maximum absolute atomic E-state index is 12.6. The van der Waals surface area contributed by atoms with E-state index in [1.54, 1.807) is 12.1 Å². The molecule has 0 radical (unpaired) electrons. The van der Waals surface area contributed by atoms with Gasteiger partial charge in [0, 0.05) is 25.2 Å². The summed E-state index contributed by atoms with van der Waals surface area (Å²) in [7, 11) is 0. The van der Waals surface area contributed by atoms with E-state index in [1.165, 1.54) is 12.8 Å². The van der Waals surface area contributed by atoms with Crippen molar-refractivity contribution in [1.29, 1.82) is 0 Å². The molecule has 1 aliphatic rings. The first kappa shape index (κ1) is 24.9. The van der Waals surface area contributed by atoms with Gasteiger partial charge >= 0.3 is 6.61 Å². The summed E-state index contributed by atoms with van der Waals surface area (Å²) < 4.78 is 29.8. The third-order valence-electron chi connectivity index (χ3n) is 4.65. The minimum absolute atomic E-state index is 0. The Balaban J connectivity index is 0.00000392. The van der Waals surface area contributed by atoms with E-state index in [2.05, 4.69) is 32.2 Å². The fraction of sp³-hybridized carbons (Fsp3) is 0.650. The molecule has 0 bridgehead atoms. The lowest BCUT2D eigenvalue weighted by Gasteiger charge is -2.17. The second-order valence-corrected chi connectivity index (χ2v) is 7.02. The first-order valence-corrected chi connectivity index (χ1v) is 9.80. The van der Waals surface area contributed by atoms with Crippen LogP contribution in [0.15, 0.2) is 23.2 Å². The standard InChI is InChI=1S/C20H32F2N4O.HI/c1-4-9-26-10-8-16(14-26)12-24-20(23-5-2)25-13-17-11-15(3)6-7-18(17)27-19(21)22;/h6-7,11,16,19H,4-5,8-10,12-14H2,1-3H3,(H2,23,24,25);1H. The van der Waals surface area contributed by atoms with Crippen molar-refractivity contribution < 1.29 is 13.5 Å². The average molecular weight is 510 g/mol. The second-order valence-electron chi connectivity index (χ2n) is 7.02. The topological polar surface area (TPSA) is 48.9 Å². The molecule has 28 heavy (non-hydrogen) atoms. The van der Waals surface area contributed by atoms with Crippen molar-refractivity contribution in [3.63, 3.8) is 0 Å². The number of aliphatic imine (C=N–C) groups is 1. The highest BCUT2D eigenvalue weighted by Crippen LogP contribution is 2.23. The van der Waals surface area contributed by atoms with Crippen molar-refractivity contribution in [2.24, 2.45) is 10.9 Å². The highest BCUT2D eigenvalue weighted by molar-refractivity contribution is 14.0. The fourth-order valence-electron chi connectivity index (χ4n) is 3.39. The number of aryl methyl sites for hydroxylation is 1. The maximum Gasteiger partial charge on any atom is 0.387 e. The van der Waals surface area contributed by atoms with Crippen molar-refractivity contribution >= 4 is 29.9 Å². The number of nitrogens with zero attached hydrogens (tertiary/aromatic N) is 2. The van der Waals surface area contributed by atoms with Crippen molar-refractivity contribution in [1.82, 2.24) is 15.5 Å². The van der Waals surface area contributed by atoms with Crippen molar-refractivity contribution in [2.45, 2.75) is 46.8 Å². The molecule has 1 heterocycles. The van der Waals surface area contributed by atoms with Gasteiger partial charge in [-0.05, 0) is 51.8 Å². The van der Waals surface area contributed by atoms with Gasteiger partial charge in [-0.1, -0.05) is 24.6 Å². The molecule has 1 fully saturated rings. The van der Waals surface area contributed by atoms with Crippen molar-refractivity contribution in [3.05, 3.63) is 29.3 Å². The van der Waals surface area contributed by atoms with E-state index < -0.39 is 6.61 Å². The van der Waals surface area contributed by atoms with Gasteiger partial charge in [-0.15, -0.1) is 24.0 Å². The van der Waals surface area contributed by atoms with Crippen LogP contribution in [0, 0.1) is 12.8 Å². The monoisotopic (exact) mass is 510 g/mol. The molecule has 1 aliphatic heterocycles. The summed E-state index contributed by atoms with van der Waals surface area (Å²) in [5.74, 6) is 1.49. The Morgan fingerprint density at radius 1 is 1.32 bits per heavy atom. The third-order valence-corrected chi connectivity index (χ3v) is 4.65. The van der Waals surface area contributed by atoms with Gasteiger partial charge < -0.3 is 20.3 Å². The van der Waals surface area contributed by atoms with E-state index in [0.717, 1.165) is 38.3 Å². The summed E-state index contributed by atoms with van der Waals surface area (Å²) in [5.41, 5.74) is 1.64. The lowest BCUT2D eigenvalue weighted by molar-refractivity contribution is -0.0504. The van der Waals surface area contributed by atoms with E-state index in [4.69, 9.17) is 0 Å². The molecule has 5 nitrogen and oxygen atoms in total. The Hall–Kier alpha value is -1.16. The molecule has 0 aromatic heterocycles. The van der Waals surface area contributed by atoms with Gasteiger partial charge in [-0.3, -0.25) is 0 Å². The molecule has 160 valence electrons. The third kappa shape index (κ3) is 8.46. The van der Waals surface area contributed by atoms with Crippen molar-refractivity contribution in [2.75, 3.05) is 32.7 Å². The Morgan fingerprint density at radius 3 is 2.79 bits per heavy atom. The van der Waals surface area contributed by atoms with Crippen molar-refractivity contribution in [3.8, 4) is 5.75 Å². The summed E-state index contributed by atoms with van der Waals surface area (Å²) in [6.07, 6.45) is 2.38. The van der Waals surface area contributed by atoms with E-state index >= 15 is 0 Å². The van der Waals surface area contributed by atoms with Crippen LogP contribution in [0.25, 0.3) is 0 Å². The summed E-state index contributed by atoms with van der Waals surface area (Å²) >= 11 is 0. The van der Waals surface area contributed by atoms with Gasteiger partial charge in [0.1, 0.15) is 5.75 Å². The molecule has 1 aromatic carbocycles. The molecule has 1 atom stereocenters. The van der Waals surface area contributed by atoms with Gasteiger partial charge in [0.25, 0.3) is 0 Å². The summed E-state index contributed by atoms with van der Waals surface area (Å²) in [6, 6.07) is 5.18. The molecule has 2 N–H and O–H groups in total. The van der Waals surface area contributed by atoms with Gasteiger partial charge in [0.2, 0.25) is 0 Å². The Kier molecular flexibility index (Phi) is 11.7. The number of guanidine groups is 1. The normalized spacial score (nSPS) is 17.5. The number of halogens is 3. The Bertz CT molecular complexity index is 616. The van der Waals surface area contributed by atoms with Crippen LogP contribution >= 0.6 is 24.0 Å². The van der Waals surface area contributed by atoms with Gasteiger partial charge in [-0.25, -0.2) is 4.99 Å². The quantitative estimate of drug-likeness (QED) is 0.300. The molecular formula is C20H33F2IN4O. The highest BCUT2D eigenvalue weighted by Gasteiger charge is 2.21. The molecule has 0 aliphatic carbocycles. The Labute approximate surface area is 184 Å². The molecule has 0 spiro atoms. The van der Waals surface area contributed by atoms with E-state index in [9.17, 15) is 8.78 Å². The SMILES string of the molecule is CCCN1CCC(CNC(=NCc2cc(C)ccc2OC(F)F)NCC)C1.I. The maximum atomic E-state index is 12.6. The number of alkyl halides is 2. The molecule has 2 rings (SSSR count). The average Bonchev–Trinajstić information content (AvgIpc) is 3.07. The van der Waals surface area contributed by atoms with Crippen LogP contribution in [0.3, 0.4) is 0 Å². The van der Waals surface area contributed by atoms with Crippen LogP contribution in [0.4, 0.5) is 8.78 Å². The number of hydrogen-bond acceptors (Lipinski definition) is 3. The summed E-state index contributed by atoms with van der Waals surface area (Å²) in [5, 5.41) is 6.62. The molecule has 1 unspecified atom stereocenters. The largest absolute Gasteiger partial charge is 0.434 e. The number of benzene rings is 1. The summed E-state index contributed by atoms with van der Waals surface area (Å²) in [4.78, 5) is 7.06. The molecule has 0 amide bonds. The fourth-order valence-corrected chi connectivity index (χ4v) is 3.39. The zero-order chi connectivity index (χ0) is 19.6. The first-order valence-electron chi connectivity index (χ1n) is 9.80. The Morgan fingerprint density at radius 2 is 2.11 bits per heavy atom. The zero-order valence-corrected chi connectivity index (χ0v) is 19.3. The van der Waals surface area contributed by atoms with Gasteiger partial charge in [0.05, 0.1) is 6.54 Å². The van der Waals surface area contributed by atoms with E-state index in [0.29, 0.717) is 17.4 Å². The molecule has 1 saturated heterocycles. The van der Waals surface area contributed by atoms with Crippen LogP contribution in [0.1, 0.15) is 37.8 Å². The van der Waals surface area contributed by atoms with E-state index in [1.807, 2.05) is 19.9 Å². The molecule has 8 heteroatoms. The predicted molar refractivity (Wildman–Crippen MR) is 121 cm³/mol. The molecule has 1 aromatic rings. The molecule has 0 saturated carbocycles. The smallest absolute Gasteiger partial charge is 0.387 e. The molecular weight excluding hydrogens is 477 g/mol. The zero-order valence-electron chi connectivity index (χ0n) is 17.0. The minimum atomic E-state index is -2.84. The number of nitrogens with one attached hydrogen (secondary N) is 2. The lowest BCUT2D eigenvalue weighted by atomic mass is 10.1. The van der Waals surface area contributed by atoms with Crippen LogP contribution in [-0.2, 0) is 6.54 Å². The number of hydrogen-bond donors (Lipinski definition) is 2. The van der Waals surface area contributed by atoms with Crippen LogP contribution < -0.4 is 15.4 Å². The number of ether oxygens (including phenoxy) is 1. The second kappa shape index (κ2) is 13.1. The number of rotatable bonds is 9. The lowest BCUT2D eigenvalue weighted by Crippen LogP contribution is -2.40. The van der Waals surface area contributed by atoms with E-state index in [-0.39, 0.29) is 36.3 Å². The summed E-state index contributed by atoms with van der Waals surface area (Å²) in [6.45, 7) is 8.62.